The molecule has 3 rings (SSSR count). The Bertz CT molecular complexity index is 547. The van der Waals surface area contributed by atoms with Crippen molar-refractivity contribution in [2.24, 2.45) is 5.92 Å². The fourth-order valence-electron chi connectivity index (χ4n) is 3.12. The molecule has 2 fully saturated rings. The van der Waals surface area contributed by atoms with E-state index in [1.807, 2.05) is 23.9 Å². The number of nitrogens with zero attached hydrogens (tertiary/aromatic N) is 1. The van der Waals surface area contributed by atoms with Crippen molar-refractivity contribution in [2.75, 3.05) is 31.2 Å². The van der Waals surface area contributed by atoms with Gasteiger partial charge in [0.15, 0.2) is 5.78 Å². The van der Waals surface area contributed by atoms with Crippen LogP contribution < -0.4 is 4.74 Å². The van der Waals surface area contributed by atoms with Crippen LogP contribution in [0, 0.1) is 5.92 Å². The number of rotatable bonds is 7. The molecule has 0 bridgehead atoms. The summed E-state index contributed by atoms with van der Waals surface area (Å²) in [4.78, 5) is 13.8. The van der Waals surface area contributed by atoms with E-state index in [4.69, 9.17) is 4.74 Å². The summed E-state index contributed by atoms with van der Waals surface area (Å²) in [5.41, 5.74) is 0.638. The van der Waals surface area contributed by atoms with Gasteiger partial charge in [-0.3, -0.25) is 9.69 Å². The summed E-state index contributed by atoms with van der Waals surface area (Å²) >= 11 is 2.03. The molecule has 0 spiro atoms. The lowest BCUT2D eigenvalue weighted by atomic mass is 10.1. The third kappa shape index (κ3) is 4.72. The zero-order chi connectivity index (χ0) is 16.2. The van der Waals surface area contributed by atoms with Gasteiger partial charge in [-0.05, 0) is 37.8 Å². The zero-order valence-corrected chi connectivity index (χ0v) is 14.4. The normalized spacial score (nSPS) is 23.5. The van der Waals surface area contributed by atoms with Crippen molar-refractivity contribution in [3.05, 3.63) is 29.8 Å². The van der Waals surface area contributed by atoms with E-state index in [0.717, 1.165) is 18.2 Å². The number of aliphatic hydroxyl groups excluding tert-OH is 1. The van der Waals surface area contributed by atoms with E-state index >= 15 is 0 Å². The Hall–Kier alpha value is -1.04. The first-order valence-electron chi connectivity index (χ1n) is 8.37. The summed E-state index contributed by atoms with van der Waals surface area (Å²) in [6, 6.07) is 7.77. The largest absolute Gasteiger partial charge is 0.491 e. The monoisotopic (exact) mass is 335 g/mol. The molecule has 0 radical (unpaired) electrons. The van der Waals surface area contributed by atoms with Gasteiger partial charge in [-0.25, -0.2) is 0 Å². The maximum Gasteiger partial charge on any atom is 0.159 e. The van der Waals surface area contributed by atoms with Crippen LogP contribution in [0.4, 0.5) is 0 Å². The molecular weight excluding hydrogens is 310 g/mol. The first-order valence-corrected chi connectivity index (χ1v) is 9.52. The number of carbonyl (C=O) groups excluding carboxylic acids is 1. The van der Waals surface area contributed by atoms with Gasteiger partial charge in [0, 0.05) is 36.2 Å². The molecule has 1 saturated carbocycles. The lowest BCUT2D eigenvalue weighted by molar-refractivity contribution is 0.0531. The highest BCUT2D eigenvalue weighted by Crippen LogP contribution is 2.38. The van der Waals surface area contributed by atoms with Crippen molar-refractivity contribution in [2.45, 2.75) is 31.9 Å². The topological polar surface area (TPSA) is 49.8 Å². The van der Waals surface area contributed by atoms with Gasteiger partial charge in [-0.15, -0.1) is 0 Å². The first kappa shape index (κ1) is 16.8. The maximum absolute atomic E-state index is 11.4. The summed E-state index contributed by atoms with van der Waals surface area (Å²) in [5.74, 6) is 3.85. The van der Waals surface area contributed by atoms with Gasteiger partial charge in [0.2, 0.25) is 0 Å². The van der Waals surface area contributed by atoms with Crippen LogP contribution in [0.2, 0.25) is 0 Å². The van der Waals surface area contributed by atoms with Gasteiger partial charge in [-0.2, -0.15) is 11.8 Å². The minimum Gasteiger partial charge on any atom is -0.491 e. The van der Waals surface area contributed by atoms with Crippen molar-refractivity contribution in [3.8, 4) is 5.75 Å². The lowest BCUT2D eigenvalue weighted by Gasteiger charge is -2.36. The van der Waals surface area contributed by atoms with Crippen LogP contribution in [0.5, 0.6) is 5.75 Å². The Balaban J connectivity index is 1.49. The number of carbonyl (C=O) groups is 1. The van der Waals surface area contributed by atoms with E-state index in [0.29, 0.717) is 23.9 Å². The van der Waals surface area contributed by atoms with Crippen LogP contribution in [0.25, 0.3) is 0 Å². The SMILES string of the molecule is CC(=O)c1cccc(OC[C@@H](O)CN2CCSC[C@@H]2C2CC2)c1. The number of Topliss-reactive ketones (excluding diaryl/α,β-unsaturated/α-hetero) is 1. The number of ketones is 1. The number of ether oxygens (including phenoxy) is 1. The molecule has 2 atom stereocenters. The van der Waals surface area contributed by atoms with E-state index in [1.165, 1.54) is 18.6 Å². The maximum atomic E-state index is 11.4. The van der Waals surface area contributed by atoms with Gasteiger partial charge >= 0.3 is 0 Å². The van der Waals surface area contributed by atoms with E-state index in [9.17, 15) is 9.90 Å². The molecule has 0 unspecified atom stereocenters. The van der Waals surface area contributed by atoms with E-state index < -0.39 is 6.10 Å². The summed E-state index contributed by atoms with van der Waals surface area (Å²) in [6.07, 6.45) is 2.18. The Morgan fingerprint density at radius 1 is 1.48 bits per heavy atom. The number of hydrogen-bond donors (Lipinski definition) is 1. The second-order valence-electron chi connectivity index (χ2n) is 6.52. The predicted molar refractivity (Wildman–Crippen MR) is 93.4 cm³/mol. The summed E-state index contributed by atoms with van der Waals surface area (Å²) in [6.45, 7) is 3.54. The van der Waals surface area contributed by atoms with Crippen molar-refractivity contribution in [3.63, 3.8) is 0 Å². The molecule has 4 nitrogen and oxygen atoms in total. The van der Waals surface area contributed by atoms with Crippen molar-refractivity contribution < 1.29 is 14.6 Å². The third-order valence-corrected chi connectivity index (χ3v) is 5.62. The van der Waals surface area contributed by atoms with Crippen LogP contribution in [0.1, 0.15) is 30.1 Å². The van der Waals surface area contributed by atoms with Crippen molar-refractivity contribution in [1.29, 1.82) is 0 Å². The van der Waals surface area contributed by atoms with Gasteiger partial charge in [0.05, 0.1) is 0 Å². The van der Waals surface area contributed by atoms with E-state index in [2.05, 4.69) is 4.90 Å². The van der Waals surface area contributed by atoms with Crippen LogP contribution >= 0.6 is 11.8 Å². The quantitative estimate of drug-likeness (QED) is 0.776. The standard InChI is InChI=1S/C18H25NO3S/c1-13(20)15-3-2-4-17(9-15)22-11-16(21)10-19-7-8-23-12-18(19)14-5-6-14/h2-4,9,14,16,18,21H,5-8,10-12H2,1H3/t16-,18+/m0/s1. The van der Waals surface area contributed by atoms with Crippen molar-refractivity contribution in [1.82, 2.24) is 4.90 Å². The molecule has 0 aromatic heterocycles. The van der Waals surface area contributed by atoms with Gasteiger partial charge in [0.1, 0.15) is 18.5 Å². The van der Waals surface area contributed by atoms with Crippen molar-refractivity contribution >= 4 is 17.5 Å². The smallest absolute Gasteiger partial charge is 0.159 e. The minimum atomic E-state index is -0.500. The van der Waals surface area contributed by atoms with Gasteiger partial charge in [0.25, 0.3) is 0 Å². The lowest BCUT2D eigenvalue weighted by Crippen LogP contribution is -2.48. The average molecular weight is 335 g/mol. The van der Waals surface area contributed by atoms with Gasteiger partial charge in [-0.1, -0.05) is 12.1 Å². The third-order valence-electron chi connectivity index (χ3n) is 4.57. The van der Waals surface area contributed by atoms with E-state index in [1.54, 1.807) is 19.1 Å². The number of aliphatic hydroxyl groups is 1. The second-order valence-corrected chi connectivity index (χ2v) is 7.67. The second kappa shape index (κ2) is 7.69. The van der Waals surface area contributed by atoms with Crippen LogP contribution in [-0.4, -0.2) is 59.1 Å². The molecule has 1 aliphatic heterocycles. The molecule has 2 aliphatic rings. The number of β-amino-alcohol motifs (C(OH)–C–C–N with tert-alkyl or cyclic N) is 1. The molecule has 1 saturated heterocycles. The molecule has 126 valence electrons. The Morgan fingerprint density at radius 2 is 2.30 bits per heavy atom. The van der Waals surface area contributed by atoms with Crippen LogP contribution in [-0.2, 0) is 0 Å². The summed E-state index contributed by atoms with van der Waals surface area (Å²) < 4.78 is 5.68. The number of hydrogen-bond acceptors (Lipinski definition) is 5. The zero-order valence-electron chi connectivity index (χ0n) is 13.6. The fraction of sp³-hybridized carbons (Fsp3) is 0.611. The highest BCUT2D eigenvalue weighted by Gasteiger charge is 2.37. The molecule has 5 heteroatoms. The molecular formula is C18H25NO3S. The Morgan fingerprint density at radius 3 is 3.04 bits per heavy atom. The summed E-state index contributed by atoms with van der Waals surface area (Å²) in [5, 5.41) is 10.3. The highest BCUT2D eigenvalue weighted by atomic mass is 32.2. The molecule has 1 N–H and O–H groups in total. The number of thioether (sulfide) groups is 1. The summed E-state index contributed by atoms with van der Waals surface area (Å²) in [7, 11) is 0. The number of benzene rings is 1. The molecule has 1 heterocycles. The fourth-order valence-corrected chi connectivity index (χ4v) is 4.37. The highest BCUT2D eigenvalue weighted by molar-refractivity contribution is 7.99. The Labute approximate surface area is 142 Å². The molecule has 1 aliphatic carbocycles. The van der Waals surface area contributed by atoms with Gasteiger partial charge < -0.3 is 9.84 Å². The molecule has 1 aromatic rings. The molecule has 1 aromatic carbocycles. The molecule has 23 heavy (non-hydrogen) atoms. The predicted octanol–water partition coefficient (Wildman–Crippen LogP) is 2.46. The van der Waals surface area contributed by atoms with E-state index in [-0.39, 0.29) is 12.4 Å². The van der Waals surface area contributed by atoms with Crippen LogP contribution in [0.15, 0.2) is 24.3 Å². The molecule has 0 amide bonds. The minimum absolute atomic E-state index is 0.0223. The Kier molecular flexibility index (Phi) is 5.62. The average Bonchev–Trinajstić information content (AvgIpc) is 3.38. The van der Waals surface area contributed by atoms with Crippen LogP contribution in [0.3, 0.4) is 0 Å². The first-order chi connectivity index (χ1) is 11.1.